The first kappa shape index (κ1) is 15.6. The topological polar surface area (TPSA) is 32.8 Å². The van der Waals surface area contributed by atoms with Gasteiger partial charge in [-0.2, -0.15) is 0 Å². The number of fused-ring (bicyclic) bond motifs is 1. The maximum Gasteiger partial charge on any atom is 0.410 e. The van der Waals surface area contributed by atoms with Crippen molar-refractivity contribution >= 4 is 6.09 Å². The van der Waals surface area contributed by atoms with Gasteiger partial charge in [0.05, 0.1) is 0 Å². The molecular weight excluding hydrogens is 252 g/mol. The Kier molecular flexibility index (Phi) is 5.70. The number of rotatable bonds is 6. The lowest BCUT2D eigenvalue weighted by molar-refractivity contribution is 0.0590. The minimum Gasteiger partial charge on any atom is -0.446 e. The van der Waals surface area contributed by atoms with E-state index in [1.54, 1.807) is 0 Å². The average molecular weight is 282 g/mol. The zero-order valence-corrected chi connectivity index (χ0v) is 13.3. The van der Waals surface area contributed by atoms with Crippen LogP contribution in [0.5, 0.6) is 0 Å². The highest BCUT2D eigenvalue weighted by Crippen LogP contribution is 2.30. The highest BCUT2D eigenvalue weighted by Gasteiger charge is 2.41. The van der Waals surface area contributed by atoms with Crippen LogP contribution in [0.15, 0.2) is 0 Å². The normalized spacial score (nSPS) is 27.6. The minimum absolute atomic E-state index is 0.0783. The van der Waals surface area contributed by atoms with E-state index in [0.29, 0.717) is 11.8 Å². The Morgan fingerprint density at radius 3 is 2.35 bits per heavy atom. The van der Waals surface area contributed by atoms with E-state index in [9.17, 15) is 4.79 Å². The van der Waals surface area contributed by atoms with Crippen LogP contribution in [0.1, 0.15) is 46.0 Å². The molecule has 2 rings (SSSR count). The number of amides is 1. The van der Waals surface area contributed by atoms with Gasteiger partial charge < -0.3 is 14.5 Å². The fourth-order valence-electron chi connectivity index (χ4n) is 3.56. The largest absolute Gasteiger partial charge is 0.446 e. The summed E-state index contributed by atoms with van der Waals surface area (Å²) < 4.78 is 5.70. The van der Waals surface area contributed by atoms with E-state index in [-0.39, 0.29) is 12.2 Å². The second kappa shape index (κ2) is 7.30. The van der Waals surface area contributed by atoms with Crippen molar-refractivity contribution in [2.45, 2.75) is 52.1 Å². The van der Waals surface area contributed by atoms with E-state index in [1.807, 2.05) is 4.90 Å². The zero-order chi connectivity index (χ0) is 14.5. The molecule has 4 nitrogen and oxygen atoms in total. The summed E-state index contributed by atoms with van der Waals surface area (Å²) in [6, 6.07) is 0. The van der Waals surface area contributed by atoms with E-state index >= 15 is 0 Å². The van der Waals surface area contributed by atoms with Gasteiger partial charge in [0.15, 0.2) is 0 Å². The Hall–Kier alpha value is -0.770. The van der Waals surface area contributed by atoms with Crippen molar-refractivity contribution in [3.05, 3.63) is 0 Å². The number of hydrogen-bond acceptors (Lipinski definition) is 3. The standard InChI is InChI=1S/C16H30N2O2/c1-4-6-7-8-15(5-2)20-16(19)18-11-13-9-17(3)10-14(13)12-18/h13-15H,4-12H2,1-3H3. The van der Waals surface area contributed by atoms with Gasteiger partial charge in [-0.25, -0.2) is 4.79 Å². The molecule has 0 saturated carbocycles. The second-order valence-corrected chi connectivity index (χ2v) is 6.56. The molecule has 1 amide bonds. The number of nitrogens with zero attached hydrogens (tertiary/aromatic N) is 2. The molecule has 2 aliphatic rings. The Balaban J connectivity index is 1.74. The Bertz CT molecular complexity index is 308. The van der Waals surface area contributed by atoms with E-state index in [2.05, 4.69) is 25.8 Å². The molecule has 2 aliphatic heterocycles. The van der Waals surface area contributed by atoms with Crippen LogP contribution in [-0.4, -0.2) is 55.2 Å². The minimum atomic E-state index is -0.0783. The van der Waals surface area contributed by atoms with Gasteiger partial charge in [-0.15, -0.1) is 0 Å². The van der Waals surface area contributed by atoms with Crippen molar-refractivity contribution in [3.8, 4) is 0 Å². The van der Waals surface area contributed by atoms with Crippen LogP contribution in [0, 0.1) is 11.8 Å². The Labute approximate surface area is 123 Å². The lowest BCUT2D eigenvalue weighted by atomic mass is 10.0. The van der Waals surface area contributed by atoms with Crippen molar-refractivity contribution in [1.82, 2.24) is 9.80 Å². The lowest BCUT2D eigenvalue weighted by Crippen LogP contribution is -2.35. The molecule has 0 N–H and O–H groups in total. The summed E-state index contributed by atoms with van der Waals surface area (Å²) in [6.45, 7) is 8.34. The van der Waals surface area contributed by atoms with Gasteiger partial charge in [-0.1, -0.05) is 26.7 Å². The van der Waals surface area contributed by atoms with Gasteiger partial charge in [0.1, 0.15) is 6.10 Å². The zero-order valence-electron chi connectivity index (χ0n) is 13.3. The number of hydrogen-bond donors (Lipinski definition) is 0. The van der Waals surface area contributed by atoms with Gasteiger partial charge in [0.2, 0.25) is 0 Å². The number of unbranched alkanes of at least 4 members (excludes halogenated alkanes) is 2. The van der Waals surface area contributed by atoms with E-state index < -0.39 is 0 Å². The van der Waals surface area contributed by atoms with Gasteiger partial charge in [-0.05, 0) is 38.1 Å². The van der Waals surface area contributed by atoms with Crippen LogP contribution in [0.4, 0.5) is 4.79 Å². The van der Waals surface area contributed by atoms with Crippen LogP contribution in [0.3, 0.4) is 0 Å². The van der Waals surface area contributed by atoms with Crippen molar-refractivity contribution < 1.29 is 9.53 Å². The predicted molar refractivity (Wildman–Crippen MR) is 80.8 cm³/mol. The molecule has 4 heteroatoms. The first-order chi connectivity index (χ1) is 9.63. The maximum absolute atomic E-state index is 12.3. The highest BCUT2D eigenvalue weighted by atomic mass is 16.6. The van der Waals surface area contributed by atoms with Crippen LogP contribution < -0.4 is 0 Å². The highest BCUT2D eigenvalue weighted by molar-refractivity contribution is 5.68. The van der Waals surface area contributed by atoms with Crippen molar-refractivity contribution in [1.29, 1.82) is 0 Å². The molecule has 20 heavy (non-hydrogen) atoms. The molecule has 0 bridgehead atoms. The van der Waals surface area contributed by atoms with Crippen LogP contribution in [-0.2, 0) is 4.74 Å². The Morgan fingerprint density at radius 1 is 1.15 bits per heavy atom. The first-order valence-electron chi connectivity index (χ1n) is 8.28. The molecule has 3 unspecified atom stereocenters. The van der Waals surface area contributed by atoms with Crippen LogP contribution >= 0.6 is 0 Å². The second-order valence-electron chi connectivity index (χ2n) is 6.56. The van der Waals surface area contributed by atoms with Gasteiger partial charge >= 0.3 is 6.09 Å². The summed E-state index contributed by atoms with van der Waals surface area (Å²) in [5, 5.41) is 0. The van der Waals surface area contributed by atoms with E-state index in [0.717, 1.165) is 39.0 Å². The molecular formula is C16H30N2O2. The monoisotopic (exact) mass is 282 g/mol. The molecule has 3 atom stereocenters. The Morgan fingerprint density at radius 2 is 1.80 bits per heavy atom. The lowest BCUT2D eigenvalue weighted by Gasteiger charge is -2.23. The molecule has 2 heterocycles. The SMILES string of the molecule is CCCCCC(CC)OC(=O)N1CC2CN(C)CC2C1. The molecule has 0 aromatic heterocycles. The quantitative estimate of drug-likeness (QED) is 0.702. The fraction of sp³-hybridized carbons (Fsp3) is 0.938. The van der Waals surface area contributed by atoms with Crippen LogP contribution in [0.2, 0.25) is 0 Å². The van der Waals surface area contributed by atoms with E-state index in [4.69, 9.17) is 4.74 Å². The van der Waals surface area contributed by atoms with Gasteiger partial charge in [-0.3, -0.25) is 0 Å². The third-order valence-electron chi connectivity index (χ3n) is 4.78. The molecule has 2 saturated heterocycles. The van der Waals surface area contributed by atoms with Crippen molar-refractivity contribution in [3.63, 3.8) is 0 Å². The molecule has 0 aromatic rings. The molecule has 0 radical (unpaired) electrons. The first-order valence-corrected chi connectivity index (χ1v) is 8.28. The molecule has 116 valence electrons. The molecule has 0 spiro atoms. The van der Waals surface area contributed by atoms with Crippen molar-refractivity contribution in [2.24, 2.45) is 11.8 Å². The average Bonchev–Trinajstić information content (AvgIpc) is 2.94. The fourth-order valence-corrected chi connectivity index (χ4v) is 3.56. The molecule has 0 aromatic carbocycles. The number of carbonyl (C=O) groups excluding carboxylic acids is 1. The summed E-state index contributed by atoms with van der Waals surface area (Å²) in [5.41, 5.74) is 0. The molecule has 0 aliphatic carbocycles. The number of carbonyl (C=O) groups is 1. The summed E-state index contributed by atoms with van der Waals surface area (Å²) in [4.78, 5) is 16.6. The maximum atomic E-state index is 12.3. The number of ether oxygens (including phenoxy) is 1. The third-order valence-corrected chi connectivity index (χ3v) is 4.78. The summed E-state index contributed by atoms with van der Waals surface area (Å²) in [5.74, 6) is 1.32. The van der Waals surface area contributed by atoms with E-state index in [1.165, 1.54) is 19.3 Å². The van der Waals surface area contributed by atoms with Crippen LogP contribution in [0.25, 0.3) is 0 Å². The van der Waals surface area contributed by atoms with Gasteiger partial charge in [0.25, 0.3) is 0 Å². The summed E-state index contributed by atoms with van der Waals surface area (Å²) in [7, 11) is 2.17. The summed E-state index contributed by atoms with van der Waals surface area (Å²) >= 11 is 0. The molecule has 2 fully saturated rings. The van der Waals surface area contributed by atoms with Gasteiger partial charge in [0, 0.05) is 26.2 Å². The summed E-state index contributed by atoms with van der Waals surface area (Å²) in [6.07, 6.45) is 5.58. The smallest absolute Gasteiger partial charge is 0.410 e. The van der Waals surface area contributed by atoms with Crippen molar-refractivity contribution in [2.75, 3.05) is 33.2 Å². The number of likely N-dealkylation sites (tertiary alicyclic amines) is 2. The third kappa shape index (κ3) is 3.87. The predicted octanol–water partition coefficient (Wildman–Crippen LogP) is 2.98.